The number of benzene rings is 10. The predicted molar refractivity (Wildman–Crippen MR) is 262 cm³/mol. The molecule has 1 aliphatic heterocycles. The van der Waals surface area contributed by atoms with Crippen LogP contribution in [-0.2, 0) is 5.41 Å². The minimum Gasteiger partial charge on any atom is -0.456 e. The maximum atomic E-state index is 6.25. The van der Waals surface area contributed by atoms with E-state index in [0.717, 1.165) is 50.2 Å². The molecule has 14 rings (SSSR count). The number of anilines is 3. The molecule has 1 aliphatic carbocycles. The van der Waals surface area contributed by atoms with Gasteiger partial charge in [0, 0.05) is 53.8 Å². The molecule has 63 heavy (non-hydrogen) atoms. The van der Waals surface area contributed by atoms with E-state index in [2.05, 4.69) is 216 Å². The summed E-state index contributed by atoms with van der Waals surface area (Å²) in [6.45, 7) is 0. The van der Waals surface area contributed by atoms with Gasteiger partial charge in [-0.2, -0.15) is 0 Å². The summed E-state index contributed by atoms with van der Waals surface area (Å²) in [5.41, 5.74) is 16.0. The third-order valence-corrected chi connectivity index (χ3v) is 14.8. The van der Waals surface area contributed by atoms with Crippen molar-refractivity contribution < 1.29 is 4.42 Å². The van der Waals surface area contributed by atoms with Gasteiger partial charge in [0.1, 0.15) is 11.2 Å². The molecule has 2 aromatic heterocycles. The molecular formula is C59H36N2OS. The first-order valence-electron chi connectivity index (χ1n) is 21.6. The molecule has 0 atom stereocenters. The highest BCUT2D eigenvalue weighted by atomic mass is 32.2. The van der Waals surface area contributed by atoms with E-state index in [9.17, 15) is 0 Å². The Morgan fingerprint density at radius 1 is 0.397 bits per heavy atom. The molecule has 0 saturated carbocycles. The van der Waals surface area contributed by atoms with Crippen LogP contribution >= 0.6 is 11.8 Å². The lowest BCUT2D eigenvalue weighted by Gasteiger charge is -2.46. The number of hydrogen-bond donors (Lipinski definition) is 0. The van der Waals surface area contributed by atoms with E-state index in [1.807, 2.05) is 23.9 Å². The first-order chi connectivity index (χ1) is 31.3. The Balaban J connectivity index is 1.03. The fourth-order valence-corrected chi connectivity index (χ4v) is 12.3. The van der Waals surface area contributed by atoms with Gasteiger partial charge in [0.05, 0.1) is 22.1 Å². The van der Waals surface area contributed by atoms with E-state index in [1.165, 1.54) is 70.2 Å². The molecule has 3 heterocycles. The van der Waals surface area contributed by atoms with E-state index in [-0.39, 0.29) is 0 Å². The number of para-hydroxylation sites is 3. The summed E-state index contributed by atoms with van der Waals surface area (Å²) in [4.78, 5) is 5.07. The lowest BCUT2D eigenvalue weighted by Crippen LogP contribution is -2.36. The maximum Gasteiger partial charge on any atom is 0.135 e. The Bertz CT molecular complexity index is 3810. The van der Waals surface area contributed by atoms with Gasteiger partial charge in [-0.05, 0) is 118 Å². The largest absolute Gasteiger partial charge is 0.456 e. The molecule has 0 bridgehead atoms. The van der Waals surface area contributed by atoms with Gasteiger partial charge < -0.3 is 13.9 Å². The zero-order valence-corrected chi connectivity index (χ0v) is 34.8. The zero-order chi connectivity index (χ0) is 41.2. The quantitative estimate of drug-likeness (QED) is 0.176. The van der Waals surface area contributed by atoms with Crippen LogP contribution in [0.25, 0.3) is 71.3 Å². The number of aromatic nitrogens is 1. The Morgan fingerprint density at radius 3 is 1.89 bits per heavy atom. The summed E-state index contributed by atoms with van der Waals surface area (Å²) >= 11 is 1.89. The molecule has 10 aromatic carbocycles. The molecule has 0 amide bonds. The van der Waals surface area contributed by atoms with Crippen LogP contribution in [0.4, 0.5) is 17.1 Å². The van der Waals surface area contributed by atoms with Gasteiger partial charge in [0.2, 0.25) is 0 Å². The van der Waals surface area contributed by atoms with Crippen molar-refractivity contribution in [3.63, 3.8) is 0 Å². The standard InChI is InChI=1S/C59H36N2OS/c1-2-15-37(16-3-1)60(38-29-32-53-45(35-38)41-18-5-10-25-51(41)61(53)39-30-34-55-46(36-39)42-19-6-11-26-54(42)62-55)52-33-31-43-40-17-4-7-21-47(40)59(50-24-14-20-44(52)58(43)50)48-22-8-12-27-56(48)63-57-28-13-9-23-49(57)59/h1-36H. The van der Waals surface area contributed by atoms with E-state index in [0.29, 0.717) is 0 Å². The normalized spacial score (nSPS) is 13.5. The Hall–Kier alpha value is -7.79. The molecule has 4 heteroatoms. The Labute approximate surface area is 368 Å². The summed E-state index contributed by atoms with van der Waals surface area (Å²) in [6.07, 6.45) is 0. The van der Waals surface area contributed by atoms with Crippen LogP contribution in [-0.4, -0.2) is 4.57 Å². The third-order valence-electron chi connectivity index (χ3n) is 13.6. The average molecular weight is 821 g/mol. The zero-order valence-electron chi connectivity index (χ0n) is 34.0. The minimum absolute atomic E-state index is 0.496. The summed E-state index contributed by atoms with van der Waals surface area (Å²) in [5, 5.41) is 7.17. The van der Waals surface area contributed by atoms with Gasteiger partial charge in [-0.1, -0.05) is 151 Å². The summed E-state index contributed by atoms with van der Waals surface area (Å²) in [6, 6.07) is 80.5. The van der Waals surface area contributed by atoms with E-state index in [1.54, 1.807) is 0 Å². The van der Waals surface area contributed by atoms with Crippen LogP contribution in [0.5, 0.6) is 0 Å². The second-order valence-electron chi connectivity index (χ2n) is 16.8. The van der Waals surface area contributed by atoms with E-state index in [4.69, 9.17) is 4.42 Å². The highest BCUT2D eigenvalue weighted by molar-refractivity contribution is 7.99. The number of hydrogen-bond acceptors (Lipinski definition) is 3. The van der Waals surface area contributed by atoms with Crippen LogP contribution in [0.15, 0.2) is 233 Å². The van der Waals surface area contributed by atoms with Crippen LogP contribution in [0, 0.1) is 0 Å². The second-order valence-corrected chi connectivity index (χ2v) is 17.8. The molecule has 2 aliphatic rings. The molecule has 1 spiro atoms. The van der Waals surface area contributed by atoms with Crippen LogP contribution in [0.2, 0.25) is 0 Å². The maximum absolute atomic E-state index is 6.25. The van der Waals surface area contributed by atoms with Gasteiger partial charge in [0.15, 0.2) is 0 Å². The van der Waals surface area contributed by atoms with Crippen molar-refractivity contribution in [1.82, 2.24) is 4.57 Å². The molecule has 0 unspecified atom stereocenters. The molecule has 294 valence electrons. The first-order valence-corrected chi connectivity index (χ1v) is 22.4. The van der Waals surface area contributed by atoms with Gasteiger partial charge in [-0.3, -0.25) is 0 Å². The van der Waals surface area contributed by atoms with Crippen molar-refractivity contribution in [2.75, 3.05) is 4.90 Å². The molecule has 0 saturated heterocycles. The monoisotopic (exact) mass is 820 g/mol. The summed E-state index contributed by atoms with van der Waals surface area (Å²) < 4.78 is 8.65. The molecule has 0 N–H and O–H groups in total. The van der Waals surface area contributed by atoms with Crippen molar-refractivity contribution >= 4 is 83.3 Å². The second kappa shape index (κ2) is 13.1. The lowest BCUT2D eigenvalue weighted by molar-refractivity contribution is 0.669. The van der Waals surface area contributed by atoms with Crippen molar-refractivity contribution in [3.05, 3.63) is 241 Å². The summed E-state index contributed by atoms with van der Waals surface area (Å²) in [5.74, 6) is 0. The van der Waals surface area contributed by atoms with Gasteiger partial charge in [-0.15, -0.1) is 0 Å². The highest BCUT2D eigenvalue weighted by Gasteiger charge is 2.48. The number of rotatable bonds is 4. The Morgan fingerprint density at radius 2 is 1.05 bits per heavy atom. The minimum atomic E-state index is -0.496. The first kappa shape index (κ1) is 34.9. The van der Waals surface area contributed by atoms with E-state index < -0.39 is 5.41 Å². The third kappa shape index (κ3) is 4.76. The molecule has 12 aromatic rings. The van der Waals surface area contributed by atoms with Crippen molar-refractivity contribution in [2.24, 2.45) is 0 Å². The fourth-order valence-electron chi connectivity index (χ4n) is 11.1. The van der Waals surface area contributed by atoms with E-state index >= 15 is 0 Å². The average Bonchev–Trinajstić information content (AvgIpc) is 3.89. The van der Waals surface area contributed by atoms with Crippen molar-refractivity contribution in [2.45, 2.75) is 15.2 Å². The molecule has 0 fully saturated rings. The highest BCUT2D eigenvalue weighted by Crippen LogP contribution is 2.62. The lowest BCUT2D eigenvalue weighted by atomic mass is 9.59. The SMILES string of the molecule is c1ccc(N(c2ccc3c(c2)c2ccccc2n3-c2ccc3oc4ccccc4c3c2)c2ccc3c4c(cccc24)C2(c4ccccc4Sc4ccccc42)c2ccccc2-3)cc1. The van der Waals surface area contributed by atoms with Crippen LogP contribution < -0.4 is 4.90 Å². The van der Waals surface area contributed by atoms with Gasteiger partial charge in [-0.25, -0.2) is 0 Å². The predicted octanol–water partition coefficient (Wildman–Crippen LogP) is 16.1. The molecule has 0 radical (unpaired) electrons. The molecule has 3 nitrogen and oxygen atoms in total. The smallest absolute Gasteiger partial charge is 0.135 e. The van der Waals surface area contributed by atoms with Gasteiger partial charge >= 0.3 is 0 Å². The van der Waals surface area contributed by atoms with Gasteiger partial charge in [0.25, 0.3) is 0 Å². The number of fused-ring (bicyclic) bond motifs is 14. The Kier molecular flexibility index (Phi) is 7.26. The van der Waals surface area contributed by atoms with Crippen LogP contribution in [0.3, 0.4) is 0 Å². The van der Waals surface area contributed by atoms with Crippen molar-refractivity contribution in [1.29, 1.82) is 0 Å². The molecular weight excluding hydrogens is 785 g/mol. The topological polar surface area (TPSA) is 21.3 Å². The fraction of sp³-hybridized carbons (Fsp3) is 0.0169. The van der Waals surface area contributed by atoms with Crippen molar-refractivity contribution in [3.8, 4) is 16.8 Å². The van der Waals surface area contributed by atoms with Crippen LogP contribution in [0.1, 0.15) is 22.3 Å². The number of nitrogens with zero attached hydrogens (tertiary/aromatic N) is 2. The number of furan rings is 1. The summed E-state index contributed by atoms with van der Waals surface area (Å²) in [7, 11) is 0.